The Morgan fingerprint density at radius 1 is 1.12 bits per heavy atom. The lowest BCUT2D eigenvalue weighted by Gasteiger charge is -2.28. The van der Waals surface area contributed by atoms with Gasteiger partial charge in [0.15, 0.2) is 0 Å². The van der Waals surface area contributed by atoms with Crippen LogP contribution >= 0.6 is 0 Å². The topological polar surface area (TPSA) is 93.3 Å². The lowest BCUT2D eigenvalue weighted by Crippen LogP contribution is -2.37. The second-order valence-corrected chi connectivity index (χ2v) is 7.26. The normalized spacial score (nSPS) is 17.0. The number of rotatable bonds is 4. The van der Waals surface area contributed by atoms with Crippen molar-refractivity contribution in [3.8, 4) is 0 Å². The zero-order valence-electron chi connectivity index (χ0n) is 15.4. The largest absolute Gasteiger partial charge is 0.383 e. The molecule has 0 unspecified atom stereocenters. The van der Waals surface area contributed by atoms with Gasteiger partial charge in [-0.2, -0.15) is 9.97 Å². The number of aromatic nitrogens is 4. The molecule has 0 aromatic carbocycles. The van der Waals surface area contributed by atoms with E-state index in [0.29, 0.717) is 30.9 Å². The first-order chi connectivity index (χ1) is 12.6. The van der Waals surface area contributed by atoms with Crippen molar-refractivity contribution < 1.29 is 4.74 Å². The zero-order chi connectivity index (χ0) is 18.1. The Morgan fingerprint density at radius 2 is 1.92 bits per heavy atom. The first-order valence-electron chi connectivity index (χ1n) is 9.14. The number of ether oxygens (including phenoxy) is 1. The Hall–Kier alpha value is -2.48. The quantitative estimate of drug-likeness (QED) is 0.880. The van der Waals surface area contributed by atoms with Crippen LogP contribution in [0.5, 0.6) is 0 Å². The number of nitrogen functional groups attached to an aromatic ring is 1. The Kier molecular flexibility index (Phi) is 4.58. The lowest BCUT2D eigenvalue weighted by molar-refractivity contribution is 0.122. The van der Waals surface area contributed by atoms with E-state index in [-0.39, 0.29) is 0 Å². The van der Waals surface area contributed by atoms with Crippen LogP contribution < -0.4 is 15.5 Å². The number of fused-ring (bicyclic) bond motifs is 1. The van der Waals surface area contributed by atoms with Gasteiger partial charge in [-0.15, -0.1) is 0 Å². The van der Waals surface area contributed by atoms with E-state index in [9.17, 15) is 0 Å². The molecule has 0 amide bonds. The van der Waals surface area contributed by atoms with Crippen molar-refractivity contribution in [3.05, 3.63) is 29.3 Å². The molecule has 1 fully saturated rings. The molecule has 138 valence electrons. The van der Waals surface area contributed by atoms with E-state index >= 15 is 0 Å². The maximum Gasteiger partial charge on any atom is 0.229 e. The summed E-state index contributed by atoms with van der Waals surface area (Å²) in [5.41, 5.74) is 8.29. The van der Waals surface area contributed by atoms with Gasteiger partial charge in [0, 0.05) is 43.9 Å². The van der Waals surface area contributed by atoms with Crippen LogP contribution in [-0.2, 0) is 24.2 Å². The van der Waals surface area contributed by atoms with E-state index in [4.69, 9.17) is 20.4 Å². The maximum absolute atomic E-state index is 6.05. The Bertz CT molecular complexity index is 789. The summed E-state index contributed by atoms with van der Waals surface area (Å²) < 4.78 is 5.41. The van der Waals surface area contributed by atoms with Crippen molar-refractivity contribution in [2.45, 2.75) is 33.4 Å². The minimum Gasteiger partial charge on any atom is -0.383 e. The smallest absolute Gasteiger partial charge is 0.229 e. The lowest BCUT2D eigenvalue weighted by atomic mass is 10.1. The number of anilines is 3. The number of hydrogen-bond acceptors (Lipinski definition) is 8. The predicted molar refractivity (Wildman–Crippen MR) is 99.9 cm³/mol. The molecule has 2 aromatic heterocycles. The summed E-state index contributed by atoms with van der Waals surface area (Å²) in [6, 6.07) is 1.83. The number of morpholine rings is 1. The highest BCUT2D eigenvalue weighted by Crippen LogP contribution is 2.28. The molecule has 0 aliphatic carbocycles. The Balaban J connectivity index is 1.55. The van der Waals surface area contributed by atoms with Gasteiger partial charge >= 0.3 is 0 Å². The maximum atomic E-state index is 6.05. The fourth-order valence-electron chi connectivity index (χ4n) is 3.33. The highest BCUT2D eigenvalue weighted by Gasteiger charge is 2.24. The molecule has 0 bridgehead atoms. The van der Waals surface area contributed by atoms with Crippen LogP contribution in [0.1, 0.15) is 30.9 Å². The molecular formula is C18H25N7O. The van der Waals surface area contributed by atoms with Crippen LogP contribution in [0.25, 0.3) is 0 Å². The van der Waals surface area contributed by atoms with Crippen LogP contribution in [0, 0.1) is 5.92 Å². The summed E-state index contributed by atoms with van der Waals surface area (Å²) in [7, 11) is 0. The molecule has 8 heteroatoms. The van der Waals surface area contributed by atoms with Gasteiger partial charge in [-0.1, -0.05) is 13.8 Å². The average molecular weight is 355 g/mol. The molecule has 4 rings (SSSR count). The second-order valence-electron chi connectivity index (χ2n) is 7.26. The molecular weight excluding hydrogens is 330 g/mol. The summed E-state index contributed by atoms with van der Waals surface area (Å²) in [5.74, 6) is 3.45. The van der Waals surface area contributed by atoms with Crippen LogP contribution in [0.3, 0.4) is 0 Å². The fourth-order valence-corrected chi connectivity index (χ4v) is 3.33. The van der Waals surface area contributed by atoms with E-state index in [1.165, 1.54) is 0 Å². The number of nitrogens with two attached hydrogens (primary N) is 1. The van der Waals surface area contributed by atoms with Crippen molar-refractivity contribution in [2.24, 2.45) is 5.92 Å². The summed E-state index contributed by atoms with van der Waals surface area (Å²) in [4.78, 5) is 22.7. The molecule has 2 aliphatic heterocycles. The average Bonchev–Trinajstić information content (AvgIpc) is 3.05. The standard InChI is InChI=1S/C18H25N7O/c1-12(2)7-16-20-9-13-10-25(11-14(13)21-16)17-8-15(19)22-18(23-17)24-3-5-26-6-4-24/h8-9,12H,3-7,10-11H2,1-2H3,(H2,19,22,23). The van der Waals surface area contributed by atoms with Gasteiger partial charge in [-0.25, -0.2) is 9.97 Å². The summed E-state index contributed by atoms with van der Waals surface area (Å²) in [6.07, 6.45) is 2.85. The summed E-state index contributed by atoms with van der Waals surface area (Å²) in [6.45, 7) is 8.78. The third kappa shape index (κ3) is 3.55. The number of hydrogen-bond donors (Lipinski definition) is 1. The molecule has 1 saturated heterocycles. The molecule has 8 nitrogen and oxygen atoms in total. The monoisotopic (exact) mass is 355 g/mol. The van der Waals surface area contributed by atoms with E-state index < -0.39 is 0 Å². The van der Waals surface area contributed by atoms with Gasteiger partial charge in [0.1, 0.15) is 17.5 Å². The molecule has 0 radical (unpaired) electrons. The molecule has 26 heavy (non-hydrogen) atoms. The van der Waals surface area contributed by atoms with Crippen molar-refractivity contribution >= 4 is 17.6 Å². The predicted octanol–water partition coefficient (Wildman–Crippen LogP) is 1.40. The first-order valence-corrected chi connectivity index (χ1v) is 9.14. The third-order valence-corrected chi connectivity index (χ3v) is 4.64. The van der Waals surface area contributed by atoms with E-state index in [1.54, 1.807) is 0 Å². The van der Waals surface area contributed by atoms with E-state index in [0.717, 1.165) is 55.5 Å². The van der Waals surface area contributed by atoms with E-state index in [2.05, 4.69) is 33.6 Å². The molecule has 2 aromatic rings. The van der Waals surface area contributed by atoms with Crippen molar-refractivity contribution in [2.75, 3.05) is 41.8 Å². The molecule has 0 atom stereocenters. The van der Waals surface area contributed by atoms with Gasteiger partial charge in [0.05, 0.1) is 25.5 Å². The van der Waals surface area contributed by atoms with E-state index in [1.807, 2.05) is 12.3 Å². The van der Waals surface area contributed by atoms with Gasteiger partial charge in [-0.05, 0) is 5.92 Å². The van der Waals surface area contributed by atoms with Gasteiger partial charge < -0.3 is 20.3 Å². The van der Waals surface area contributed by atoms with Crippen LogP contribution in [0.4, 0.5) is 17.6 Å². The number of nitrogens with zero attached hydrogens (tertiary/aromatic N) is 6. The van der Waals surface area contributed by atoms with Crippen LogP contribution in [0.2, 0.25) is 0 Å². The minimum absolute atomic E-state index is 0.485. The Morgan fingerprint density at radius 3 is 2.69 bits per heavy atom. The van der Waals surface area contributed by atoms with Crippen molar-refractivity contribution in [1.82, 2.24) is 19.9 Å². The molecule has 0 spiro atoms. The zero-order valence-corrected chi connectivity index (χ0v) is 15.4. The molecule has 4 heterocycles. The summed E-state index contributed by atoms with van der Waals surface area (Å²) in [5, 5.41) is 0. The van der Waals surface area contributed by atoms with Crippen LogP contribution in [0.15, 0.2) is 12.3 Å². The van der Waals surface area contributed by atoms with Crippen molar-refractivity contribution in [3.63, 3.8) is 0 Å². The summed E-state index contributed by atoms with van der Waals surface area (Å²) >= 11 is 0. The molecule has 2 aliphatic rings. The SMILES string of the molecule is CC(C)Cc1ncc2c(n1)CN(c1cc(N)nc(N3CCOCC3)n1)C2. The van der Waals surface area contributed by atoms with Gasteiger partial charge in [0.25, 0.3) is 0 Å². The van der Waals surface area contributed by atoms with Crippen molar-refractivity contribution in [1.29, 1.82) is 0 Å². The fraction of sp³-hybridized carbons (Fsp3) is 0.556. The third-order valence-electron chi connectivity index (χ3n) is 4.64. The van der Waals surface area contributed by atoms with Gasteiger partial charge in [-0.3, -0.25) is 0 Å². The van der Waals surface area contributed by atoms with Crippen LogP contribution in [-0.4, -0.2) is 46.2 Å². The minimum atomic E-state index is 0.485. The first kappa shape index (κ1) is 17.0. The molecule has 0 saturated carbocycles. The highest BCUT2D eigenvalue weighted by molar-refractivity contribution is 5.54. The molecule has 2 N–H and O–H groups in total. The Labute approximate surface area is 153 Å². The second kappa shape index (κ2) is 7.03. The highest BCUT2D eigenvalue weighted by atomic mass is 16.5. The van der Waals surface area contributed by atoms with Gasteiger partial charge in [0.2, 0.25) is 5.95 Å².